The summed E-state index contributed by atoms with van der Waals surface area (Å²) in [5.74, 6) is 0.0926. The predicted octanol–water partition coefficient (Wildman–Crippen LogP) is 6.80. The van der Waals surface area contributed by atoms with Gasteiger partial charge >= 0.3 is 11.9 Å². The largest absolute Gasteiger partial charge is 0.462 e. The molecule has 0 bridgehead atoms. The molecule has 0 N–H and O–H groups in total. The molecule has 6 heteroatoms. The minimum Gasteiger partial charge on any atom is -0.462 e. The molecule has 0 aliphatic heterocycles. The van der Waals surface area contributed by atoms with Gasteiger partial charge in [0.2, 0.25) is 0 Å². The van der Waals surface area contributed by atoms with Crippen LogP contribution in [0.4, 0.5) is 0 Å². The lowest BCUT2D eigenvalue weighted by molar-refractivity contribution is -0.160. The highest BCUT2D eigenvalue weighted by atomic mass is 28.4. The van der Waals surface area contributed by atoms with Gasteiger partial charge in [-0.25, -0.2) is 0 Å². The Labute approximate surface area is 200 Å². The number of carbonyl (C=O) groups excluding carboxylic acids is 2. The molecular weight excluding hydrogens is 432 g/mol. The topological polar surface area (TPSA) is 61.8 Å². The molecule has 2 aliphatic carbocycles. The standard InChI is InChI=1S/C27H42O5Si/c1-27(2,3)33(4,5)30-19-20-14-16-23(17-15-20)31-26(29)22-12-9-13-24(18-22)32-25(28)21-10-7-6-8-11-21/h14-17,21-22,24H,6-13,18-19H2,1-5H3. The van der Waals surface area contributed by atoms with Crippen LogP contribution in [0.2, 0.25) is 18.1 Å². The van der Waals surface area contributed by atoms with Gasteiger partial charge in [0.25, 0.3) is 0 Å². The number of esters is 2. The number of hydrogen-bond acceptors (Lipinski definition) is 5. The Balaban J connectivity index is 1.47. The van der Waals surface area contributed by atoms with Gasteiger partial charge in [-0.05, 0) is 74.4 Å². The highest BCUT2D eigenvalue weighted by Crippen LogP contribution is 2.37. The third-order valence-corrected chi connectivity index (χ3v) is 12.2. The van der Waals surface area contributed by atoms with Crippen molar-refractivity contribution in [3.05, 3.63) is 29.8 Å². The summed E-state index contributed by atoms with van der Waals surface area (Å²) in [5, 5.41) is 0.172. The van der Waals surface area contributed by atoms with Crippen molar-refractivity contribution in [3.63, 3.8) is 0 Å². The fourth-order valence-electron chi connectivity index (χ4n) is 4.40. The van der Waals surface area contributed by atoms with Crippen LogP contribution in [0.1, 0.15) is 84.1 Å². The van der Waals surface area contributed by atoms with Gasteiger partial charge < -0.3 is 13.9 Å². The Morgan fingerprint density at radius 3 is 2.15 bits per heavy atom. The van der Waals surface area contributed by atoms with Crippen molar-refractivity contribution in [2.75, 3.05) is 0 Å². The molecule has 2 aliphatic rings. The maximum atomic E-state index is 12.8. The maximum absolute atomic E-state index is 12.8. The summed E-state index contributed by atoms with van der Waals surface area (Å²) in [4.78, 5) is 25.3. The van der Waals surface area contributed by atoms with Crippen molar-refractivity contribution in [1.82, 2.24) is 0 Å². The average Bonchev–Trinajstić information content (AvgIpc) is 2.78. The van der Waals surface area contributed by atoms with Crippen LogP contribution in [0.3, 0.4) is 0 Å². The summed E-state index contributed by atoms with van der Waals surface area (Å²) in [6.45, 7) is 11.7. The van der Waals surface area contributed by atoms with E-state index in [1.807, 2.05) is 24.3 Å². The molecule has 0 amide bonds. The molecule has 0 aromatic heterocycles. The molecule has 2 saturated carbocycles. The third kappa shape index (κ3) is 7.41. The van der Waals surface area contributed by atoms with Crippen molar-refractivity contribution in [2.45, 2.75) is 109 Å². The molecule has 33 heavy (non-hydrogen) atoms. The number of benzene rings is 1. The highest BCUT2D eigenvalue weighted by Gasteiger charge is 2.37. The minimum atomic E-state index is -1.80. The lowest BCUT2D eigenvalue weighted by Gasteiger charge is -2.36. The molecule has 1 aromatic carbocycles. The summed E-state index contributed by atoms with van der Waals surface area (Å²) < 4.78 is 17.7. The lowest BCUT2D eigenvalue weighted by Crippen LogP contribution is -2.40. The molecule has 0 saturated heterocycles. The quantitative estimate of drug-likeness (QED) is 0.247. The van der Waals surface area contributed by atoms with E-state index >= 15 is 0 Å². The van der Waals surface area contributed by atoms with Crippen molar-refractivity contribution in [2.24, 2.45) is 11.8 Å². The Kier molecular flexibility index (Phi) is 8.79. The molecule has 2 unspecified atom stereocenters. The van der Waals surface area contributed by atoms with Crippen LogP contribution in [-0.4, -0.2) is 26.4 Å². The molecular formula is C27H42O5Si. The van der Waals surface area contributed by atoms with Crippen LogP contribution in [0, 0.1) is 11.8 Å². The van der Waals surface area contributed by atoms with Crippen LogP contribution in [0.15, 0.2) is 24.3 Å². The van der Waals surface area contributed by atoms with Gasteiger partial charge in [0.15, 0.2) is 8.32 Å². The monoisotopic (exact) mass is 474 g/mol. The molecule has 0 spiro atoms. The Morgan fingerprint density at radius 1 is 0.879 bits per heavy atom. The van der Waals surface area contributed by atoms with Crippen LogP contribution in [0.5, 0.6) is 5.75 Å². The van der Waals surface area contributed by atoms with E-state index in [-0.39, 0.29) is 34.9 Å². The van der Waals surface area contributed by atoms with Crippen molar-refractivity contribution in [3.8, 4) is 5.75 Å². The van der Waals surface area contributed by atoms with Crippen LogP contribution < -0.4 is 4.74 Å². The molecule has 1 aromatic rings. The molecule has 0 heterocycles. The molecule has 2 fully saturated rings. The molecule has 3 rings (SSSR count). The second kappa shape index (κ2) is 11.2. The van der Waals surface area contributed by atoms with Crippen molar-refractivity contribution < 1.29 is 23.5 Å². The van der Waals surface area contributed by atoms with Gasteiger partial charge in [0.05, 0.1) is 18.4 Å². The molecule has 5 nitrogen and oxygen atoms in total. The van der Waals surface area contributed by atoms with E-state index in [0.29, 0.717) is 18.8 Å². The smallest absolute Gasteiger partial charge is 0.314 e. The summed E-state index contributed by atoms with van der Waals surface area (Å²) in [6.07, 6.45) is 8.22. The summed E-state index contributed by atoms with van der Waals surface area (Å²) in [7, 11) is -1.80. The minimum absolute atomic E-state index is 0.0465. The fraction of sp³-hybridized carbons (Fsp3) is 0.704. The average molecular weight is 475 g/mol. The number of ether oxygens (including phenoxy) is 2. The molecule has 2 atom stereocenters. The second-order valence-corrected chi connectivity index (χ2v) is 16.2. The van der Waals surface area contributed by atoms with E-state index in [4.69, 9.17) is 13.9 Å². The summed E-state index contributed by atoms with van der Waals surface area (Å²) in [5.41, 5.74) is 1.08. The van der Waals surface area contributed by atoms with Crippen molar-refractivity contribution in [1.29, 1.82) is 0 Å². The second-order valence-electron chi connectivity index (χ2n) is 11.4. The van der Waals surface area contributed by atoms with Gasteiger partial charge in [-0.15, -0.1) is 0 Å². The first-order valence-corrected chi connectivity index (χ1v) is 15.6. The maximum Gasteiger partial charge on any atom is 0.314 e. The first-order valence-electron chi connectivity index (χ1n) is 12.7. The molecule has 184 valence electrons. The third-order valence-electron chi connectivity index (χ3n) is 7.73. The van der Waals surface area contributed by atoms with Crippen LogP contribution >= 0.6 is 0 Å². The number of rotatable bonds is 7. The van der Waals surface area contributed by atoms with Crippen molar-refractivity contribution >= 4 is 20.3 Å². The first-order chi connectivity index (χ1) is 15.5. The van der Waals surface area contributed by atoms with Gasteiger partial charge in [0, 0.05) is 0 Å². The summed E-state index contributed by atoms with van der Waals surface area (Å²) >= 11 is 0. The van der Waals surface area contributed by atoms with Gasteiger partial charge in [-0.1, -0.05) is 52.2 Å². The van der Waals surface area contributed by atoms with E-state index < -0.39 is 8.32 Å². The Bertz CT molecular complexity index is 790. The zero-order valence-electron chi connectivity index (χ0n) is 21.2. The zero-order valence-corrected chi connectivity index (χ0v) is 22.2. The number of carbonyl (C=O) groups is 2. The summed E-state index contributed by atoms with van der Waals surface area (Å²) in [6, 6.07) is 7.61. The van der Waals surface area contributed by atoms with Gasteiger partial charge in [-0.2, -0.15) is 0 Å². The first kappa shape index (κ1) is 26.0. The fourth-order valence-corrected chi connectivity index (χ4v) is 5.36. The van der Waals surface area contributed by atoms with E-state index in [0.717, 1.165) is 50.5 Å². The van der Waals surface area contributed by atoms with E-state index in [1.165, 1.54) is 6.42 Å². The Hall–Kier alpha value is -1.66. The van der Waals surface area contributed by atoms with Gasteiger partial charge in [0.1, 0.15) is 11.9 Å². The van der Waals surface area contributed by atoms with Crippen LogP contribution in [0.25, 0.3) is 0 Å². The van der Waals surface area contributed by atoms with E-state index in [2.05, 4.69) is 33.9 Å². The molecule has 0 radical (unpaired) electrons. The number of hydrogen-bond donors (Lipinski definition) is 0. The zero-order chi connectivity index (χ0) is 24.1. The SMILES string of the molecule is CC(C)(C)[Si](C)(C)OCc1ccc(OC(=O)C2CCCC(OC(=O)C3CCCCC3)C2)cc1. The Morgan fingerprint density at radius 2 is 1.52 bits per heavy atom. The van der Waals surface area contributed by atoms with E-state index in [9.17, 15) is 9.59 Å². The highest BCUT2D eigenvalue weighted by molar-refractivity contribution is 6.74. The van der Waals surface area contributed by atoms with Gasteiger partial charge in [-0.3, -0.25) is 9.59 Å². The van der Waals surface area contributed by atoms with E-state index in [1.54, 1.807) is 0 Å². The predicted molar refractivity (Wildman–Crippen MR) is 132 cm³/mol. The normalized spacial score (nSPS) is 22.6. The lowest BCUT2D eigenvalue weighted by atomic mass is 9.86. The van der Waals surface area contributed by atoms with Crippen LogP contribution in [-0.2, 0) is 25.4 Å².